The minimum absolute atomic E-state index is 0.171. The van der Waals surface area contributed by atoms with Gasteiger partial charge >= 0.3 is 0 Å². The predicted octanol–water partition coefficient (Wildman–Crippen LogP) is 4.07. The second-order valence-corrected chi connectivity index (χ2v) is 6.07. The molecule has 0 aromatic heterocycles. The third-order valence-corrected chi connectivity index (χ3v) is 3.70. The molecule has 0 aliphatic rings. The lowest BCUT2D eigenvalue weighted by atomic mass is 9.84. The largest absolute Gasteiger partial charge is 0.374 e. The minimum atomic E-state index is -0.171. The number of anilines is 1. The quantitative estimate of drug-likeness (QED) is 0.686. The molecule has 0 saturated carbocycles. The van der Waals surface area contributed by atoms with Crippen molar-refractivity contribution in [2.45, 2.75) is 40.0 Å². The van der Waals surface area contributed by atoms with Crippen LogP contribution in [-0.2, 0) is 0 Å². The summed E-state index contributed by atoms with van der Waals surface area (Å²) in [6.07, 6.45) is 3.49. The molecule has 1 aromatic rings. The molecule has 0 amide bonds. The van der Waals surface area contributed by atoms with Crippen LogP contribution in [0.25, 0.3) is 0 Å². The molecule has 0 saturated heterocycles. The number of nitrogens with zero attached hydrogens (tertiary/aromatic N) is 1. The van der Waals surface area contributed by atoms with Gasteiger partial charge in [-0.1, -0.05) is 33.3 Å². The third kappa shape index (κ3) is 5.49. The predicted molar refractivity (Wildman–Crippen MR) is 85.8 cm³/mol. The molecule has 1 rings (SSSR count). The van der Waals surface area contributed by atoms with E-state index in [-0.39, 0.29) is 11.2 Å². The van der Waals surface area contributed by atoms with Gasteiger partial charge in [0.1, 0.15) is 5.82 Å². The highest BCUT2D eigenvalue weighted by Gasteiger charge is 2.25. The van der Waals surface area contributed by atoms with Gasteiger partial charge in [0.2, 0.25) is 0 Å². The molecule has 0 aliphatic heterocycles. The van der Waals surface area contributed by atoms with Gasteiger partial charge in [-0.3, -0.25) is 0 Å². The average molecular weight is 280 g/mol. The van der Waals surface area contributed by atoms with Crippen molar-refractivity contribution >= 4 is 5.69 Å². The molecule has 1 unspecified atom stereocenters. The van der Waals surface area contributed by atoms with Gasteiger partial charge in [0, 0.05) is 25.8 Å². The Labute approximate surface area is 123 Å². The normalized spacial score (nSPS) is 14.1. The Morgan fingerprint density at radius 3 is 2.60 bits per heavy atom. The van der Waals surface area contributed by atoms with Gasteiger partial charge in [0.05, 0.1) is 0 Å². The zero-order chi connectivity index (χ0) is 15.0. The van der Waals surface area contributed by atoms with Crippen molar-refractivity contribution in [3.63, 3.8) is 0 Å². The standard InChI is InChI=1S/C17H29FN2/c1-5-10-17(3,13-19-11-6-2)14-20(4)16-9-7-8-15(18)12-16/h7-9,12,19H,5-6,10-11,13-14H2,1-4H3. The lowest BCUT2D eigenvalue weighted by Crippen LogP contribution is -2.41. The maximum Gasteiger partial charge on any atom is 0.125 e. The topological polar surface area (TPSA) is 15.3 Å². The summed E-state index contributed by atoms with van der Waals surface area (Å²) in [6.45, 7) is 9.72. The van der Waals surface area contributed by atoms with Gasteiger partial charge in [0.15, 0.2) is 0 Å². The van der Waals surface area contributed by atoms with E-state index >= 15 is 0 Å². The molecule has 0 radical (unpaired) electrons. The van der Waals surface area contributed by atoms with E-state index in [9.17, 15) is 4.39 Å². The molecule has 0 fully saturated rings. The van der Waals surface area contributed by atoms with Crippen LogP contribution in [0, 0.1) is 11.2 Å². The van der Waals surface area contributed by atoms with Crippen molar-refractivity contribution in [3.8, 4) is 0 Å². The maximum absolute atomic E-state index is 13.3. The van der Waals surface area contributed by atoms with Crippen LogP contribution in [0.3, 0.4) is 0 Å². The van der Waals surface area contributed by atoms with Crippen molar-refractivity contribution in [1.29, 1.82) is 0 Å². The fourth-order valence-corrected chi connectivity index (χ4v) is 2.77. The highest BCUT2D eigenvalue weighted by molar-refractivity contribution is 5.45. The summed E-state index contributed by atoms with van der Waals surface area (Å²) in [6, 6.07) is 6.83. The monoisotopic (exact) mass is 280 g/mol. The van der Waals surface area contributed by atoms with Crippen molar-refractivity contribution in [3.05, 3.63) is 30.1 Å². The second kappa shape index (κ2) is 8.25. The molecule has 1 aromatic carbocycles. The highest BCUT2D eigenvalue weighted by Crippen LogP contribution is 2.26. The van der Waals surface area contributed by atoms with Gasteiger partial charge < -0.3 is 10.2 Å². The Kier molecular flexibility index (Phi) is 7.00. The summed E-state index contributed by atoms with van der Waals surface area (Å²) in [5, 5.41) is 3.53. The highest BCUT2D eigenvalue weighted by atomic mass is 19.1. The molecule has 0 spiro atoms. The Hall–Kier alpha value is -1.09. The zero-order valence-corrected chi connectivity index (χ0v) is 13.4. The van der Waals surface area contributed by atoms with Crippen LogP contribution in [-0.4, -0.2) is 26.7 Å². The summed E-state index contributed by atoms with van der Waals surface area (Å²) in [7, 11) is 2.04. The smallest absolute Gasteiger partial charge is 0.125 e. The minimum Gasteiger partial charge on any atom is -0.374 e. The van der Waals surface area contributed by atoms with E-state index in [4.69, 9.17) is 0 Å². The number of halogens is 1. The molecule has 0 heterocycles. The molecule has 114 valence electrons. The van der Waals surface area contributed by atoms with Crippen LogP contribution in [0.4, 0.5) is 10.1 Å². The fourth-order valence-electron chi connectivity index (χ4n) is 2.77. The Balaban J connectivity index is 2.68. The lowest BCUT2D eigenvalue weighted by Gasteiger charge is -2.35. The van der Waals surface area contributed by atoms with E-state index in [2.05, 4.69) is 31.0 Å². The summed E-state index contributed by atoms with van der Waals surface area (Å²) >= 11 is 0. The van der Waals surface area contributed by atoms with E-state index in [0.717, 1.165) is 31.7 Å². The zero-order valence-electron chi connectivity index (χ0n) is 13.4. The molecule has 0 bridgehead atoms. The lowest BCUT2D eigenvalue weighted by molar-refractivity contribution is 0.284. The molecule has 1 atom stereocenters. The van der Waals surface area contributed by atoms with Crippen molar-refractivity contribution in [1.82, 2.24) is 5.32 Å². The van der Waals surface area contributed by atoms with E-state index in [1.165, 1.54) is 18.9 Å². The van der Waals surface area contributed by atoms with E-state index < -0.39 is 0 Å². The van der Waals surface area contributed by atoms with E-state index in [1.54, 1.807) is 12.1 Å². The summed E-state index contributed by atoms with van der Waals surface area (Å²) in [4.78, 5) is 2.16. The van der Waals surface area contributed by atoms with Crippen LogP contribution < -0.4 is 10.2 Å². The first kappa shape index (κ1) is 17.0. The fraction of sp³-hybridized carbons (Fsp3) is 0.647. The number of hydrogen-bond donors (Lipinski definition) is 1. The van der Waals surface area contributed by atoms with Crippen LogP contribution in [0.2, 0.25) is 0 Å². The first-order valence-electron chi connectivity index (χ1n) is 7.68. The van der Waals surface area contributed by atoms with Crippen LogP contribution in [0.15, 0.2) is 24.3 Å². The number of hydrogen-bond acceptors (Lipinski definition) is 2. The summed E-state index contributed by atoms with van der Waals surface area (Å²) in [5.41, 5.74) is 1.16. The van der Waals surface area contributed by atoms with Crippen LogP contribution in [0.5, 0.6) is 0 Å². The number of benzene rings is 1. The van der Waals surface area contributed by atoms with Gasteiger partial charge in [-0.05, 0) is 43.0 Å². The maximum atomic E-state index is 13.3. The Morgan fingerprint density at radius 1 is 1.25 bits per heavy atom. The molecule has 3 heteroatoms. The Morgan fingerprint density at radius 2 is 2.00 bits per heavy atom. The first-order chi connectivity index (χ1) is 9.50. The Bertz CT molecular complexity index is 394. The van der Waals surface area contributed by atoms with Crippen LogP contribution >= 0.6 is 0 Å². The van der Waals surface area contributed by atoms with E-state index in [0.29, 0.717) is 0 Å². The molecule has 0 aliphatic carbocycles. The number of nitrogens with one attached hydrogen (secondary N) is 1. The van der Waals surface area contributed by atoms with Gasteiger partial charge in [-0.25, -0.2) is 4.39 Å². The first-order valence-corrected chi connectivity index (χ1v) is 7.68. The number of rotatable bonds is 9. The van der Waals surface area contributed by atoms with E-state index in [1.807, 2.05) is 13.1 Å². The van der Waals surface area contributed by atoms with Crippen molar-refractivity contribution in [2.75, 3.05) is 31.6 Å². The van der Waals surface area contributed by atoms with Gasteiger partial charge in [-0.2, -0.15) is 0 Å². The average Bonchev–Trinajstić information content (AvgIpc) is 2.39. The van der Waals surface area contributed by atoms with Gasteiger partial charge in [-0.15, -0.1) is 0 Å². The molecule has 20 heavy (non-hydrogen) atoms. The summed E-state index contributed by atoms with van der Waals surface area (Å²) in [5.74, 6) is -0.171. The SMILES string of the molecule is CCCNCC(C)(CCC)CN(C)c1cccc(F)c1. The summed E-state index contributed by atoms with van der Waals surface area (Å²) < 4.78 is 13.3. The van der Waals surface area contributed by atoms with Crippen molar-refractivity contribution < 1.29 is 4.39 Å². The molecular formula is C17H29FN2. The van der Waals surface area contributed by atoms with Gasteiger partial charge in [0.25, 0.3) is 0 Å². The van der Waals surface area contributed by atoms with Crippen molar-refractivity contribution in [2.24, 2.45) is 5.41 Å². The van der Waals surface area contributed by atoms with Crippen LogP contribution in [0.1, 0.15) is 40.0 Å². The molecular weight excluding hydrogens is 251 g/mol. The molecule has 1 N–H and O–H groups in total. The third-order valence-electron chi connectivity index (χ3n) is 3.70. The molecule has 2 nitrogen and oxygen atoms in total. The second-order valence-electron chi connectivity index (χ2n) is 6.07.